The molecule has 2 aromatic rings. The fraction of sp³-hybridized carbons (Fsp3) is 0.133. The summed E-state index contributed by atoms with van der Waals surface area (Å²) in [5, 5.41) is 2.60. The van der Waals surface area contributed by atoms with Crippen LogP contribution in [0.2, 0.25) is 0 Å². The third-order valence-corrected chi connectivity index (χ3v) is 2.53. The molecule has 1 heterocycles. The van der Waals surface area contributed by atoms with Gasteiger partial charge in [-0.05, 0) is 24.3 Å². The molecule has 1 amide bonds. The van der Waals surface area contributed by atoms with E-state index in [0.29, 0.717) is 22.8 Å². The Labute approximate surface area is 116 Å². The highest BCUT2D eigenvalue weighted by Crippen LogP contribution is 2.17. The molecule has 0 radical (unpaired) electrons. The topological polar surface area (TPSA) is 68.3 Å². The summed E-state index contributed by atoms with van der Waals surface area (Å²) >= 11 is 0. The highest BCUT2D eigenvalue weighted by Gasteiger charge is 2.04. The maximum Gasteiger partial charge on any atom is 0.222 e. The normalized spacial score (nSPS) is 9.85. The van der Waals surface area contributed by atoms with Crippen LogP contribution in [0.3, 0.4) is 0 Å². The summed E-state index contributed by atoms with van der Waals surface area (Å²) in [7, 11) is 0. The van der Waals surface area contributed by atoms with Crippen LogP contribution in [-0.2, 0) is 11.4 Å². The van der Waals surface area contributed by atoms with Gasteiger partial charge in [-0.3, -0.25) is 9.59 Å². The maximum atomic E-state index is 11.0. The van der Waals surface area contributed by atoms with Gasteiger partial charge in [-0.1, -0.05) is 18.2 Å². The van der Waals surface area contributed by atoms with E-state index < -0.39 is 0 Å². The minimum absolute atomic E-state index is 0.179. The van der Waals surface area contributed by atoms with E-state index >= 15 is 0 Å². The fourth-order valence-corrected chi connectivity index (χ4v) is 1.67. The summed E-state index contributed by atoms with van der Waals surface area (Å²) in [5.74, 6) is 0.804. The van der Waals surface area contributed by atoms with Crippen molar-refractivity contribution in [1.29, 1.82) is 0 Å². The lowest BCUT2D eigenvalue weighted by Crippen LogP contribution is -2.09. The van der Waals surface area contributed by atoms with Crippen molar-refractivity contribution in [3.63, 3.8) is 0 Å². The van der Waals surface area contributed by atoms with Crippen LogP contribution in [0, 0.1) is 0 Å². The lowest BCUT2D eigenvalue weighted by atomic mass is 10.2. The van der Waals surface area contributed by atoms with Crippen molar-refractivity contribution >= 4 is 18.0 Å². The second-order valence-electron chi connectivity index (χ2n) is 4.14. The van der Waals surface area contributed by atoms with Crippen molar-refractivity contribution in [2.75, 3.05) is 5.32 Å². The van der Waals surface area contributed by atoms with Gasteiger partial charge in [0.1, 0.15) is 18.2 Å². The highest BCUT2D eigenvalue weighted by molar-refractivity contribution is 5.87. The zero-order valence-corrected chi connectivity index (χ0v) is 11.0. The van der Waals surface area contributed by atoms with E-state index in [1.807, 2.05) is 0 Å². The molecule has 1 N–H and O–H groups in total. The Balaban J connectivity index is 2.07. The van der Waals surface area contributed by atoms with E-state index in [4.69, 9.17) is 4.74 Å². The molecule has 0 bridgehead atoms. The van der Waals surface area contributed by atoms with Crippen LogP contribution >= 0.6 is 0 Å². The van der Waals surface area contributed by atoms with Gasteiger partial charge in [-0.2, -0.15) is 0 Å². The van der Waals surface area contributed by atoms with Gasteiger partial charge in [0.25, 0.3) is 0 Å². The minimum atomic E-state index is -0.179. The van der Waals surface area contributed by atoms with Crippen molar-refractivity contribution in [2.24, 2.45) is 0 Å². The first kappa shape index (κ1) is 13.7. The fourth-order valence-electron chi connectivity index (χ4n) is 1.67. The molecule has 0 aliphatic rings. The molecule has 0 aliphatic carbocycles. The zero-order valence-electron chi connectivity index (χ0n) is 11.0. The second-order valence-corrected chi connectivity index (χ2v) is 4.14. The third kappa shape index (κ3) is 3.65. The average Bonchev–Trinajstić information content (AvgIpc) is 2.45. The van der Waals surface area contributed by atoms with Crippen LogP contribution in [0.15, 0.2) is 42.5 Å². The number of hydrogen-bond donors (Lipinski definition) is 1. The van der Waals surface area contributed by atoms with E-state index in [-0.39, 0.29) is 12.5 Å². The first-order chi connectivity index (χ1) is 9.69. The number of aldehydes is 1. The van der Waals surface area contributed by atoms with E-state index in [1.54, 1.807) is 42.5 Å². The first-order valence-electron chi connectivity index (χ1n) is 6.09. The third-order valence-electron chi connectivity index (χ3n) is 2.53. The van der Waals surface area contributed by atoms with E-state index in [0.717, 1.165) is 6.29 Å². The van der Waals surface area contributed by atoms with Crippen LogP contribution in [-0.4, -0.2) is 17.2 Å². The van der Waals surface area contributed by atoms with Gasteiger partial charge >= 0.3 is 0 Å². The average molecular weight is 270 g/mol. The summed E-state index contributed by atoms with van der Waals surface area (Å²) in [6.45, 7) is 1.64. The molecule has 20 heavy (non-hydrogen) atoms. The number of aromatic nitrogens is 1. The molecule has 2 rings (SSSR count). The SMILES string of the molecule is CC(=O)Nc1cccc(COc2ccccc2C=O)n1. The minimum Gasteiger partial charge on any atom is -0.487 e. The predicted molar refractivity (Wildman–Crippen MR) is 74.7 cm³/mol. The van der Waals surface area contributed by atoms with Crippen molar-refractivity contribution in [1.82, 2.24) is 4.98 Å². The highest BCUT2D eigenvalue weighted by atomic mass is 16.5. The van der Waals surface area contributed by atoms with Gasteiger partial charge in [0.2, 0.25) is 5.91 Å². The number of para-hydroxylation sites is 1. The summed E-state index contributed by atoms with van der Waals surface area (Å²) in [4.78, 5) is 26.1. The number of anilines is 1. The number of rotatable bonds is 5. The molecule has 5 heteroatoms. The lowest BCUT2D eigenvalue weighted by Gasteiger charge is -2.08. The number of amides is 1. The molecule has 0 spiro atoms. The van der Waals surface area contributed by atoms with Gasteiger partial charge in [-0.25, -0.2) is 4.98 Å². The van der Waals surface area contributed by atoms with Gasteiger partial charge in [0.15, 0.2) is 6.29 Å². The predicted octanol–water partition coefficient (Wildman–Crippen LogP) is 2.43. The number of benzene rings is 1. The van der Waals surface area contributed by atoms with Crippen molar-refractivity contribution in [3.8, 4) is 5.75 Å². The molecule has 0 aliphatic heterocycles. The summed E-state index contributed by atoms with van der Waals surface area (Å²) in [6.07, 6.45) is 0.747. The quantitative estimate of drug-likeness (QED) is 0.847. The largest absolute Gasteiger partial charge is 0.487 e. The molecule has 0 saturated carbocycles. The molecule has 0 atom stereocenters. The number of pyridine rings is 1. The summed E-state index contributed by atoms with van der Waals surface area (Å²) in [6, 6.07) is 12.2. The Hall–Kier alpha value is -2.69. The van der Waals surface area contributed by atoms with Crippen molar-refractivity contribution < 1.29 is 14.3 Å². The van der Waals surface area contributed by atoms with E-state index in [1.165, 1.54) is 6.92 Å². The summed E-state index contributed by atoms with van der Waals surface area (Å²) < 4.78 is 5.57. The Kier molecular flexibility index (Phi) is 4.44. The molecule has 0 fully saturated rings. The monoisotopic (exact) mass is 270 g/mol. The van der Waals surface area contributed by atoms with E-state index in [9.17, 15) is 9.59 Å². The number of ether oxygens (including phenoxy) is 1. The molecule has 1 aromatic carbocycles. The number of carbonyl (C=O) groups excluding carboxylic acids is 2. The number of nitrogens with zero attached hydrogens (tertiary/aromatic N) is 1. The Morgan fingerprint density at radius 1 is 1.25 bits per heavy atom. The Bertz CT molecular complexity index is 626. The molecular weight excluding hydrogens is 256 g/mol. The molecule has 5 nitrogen and oxygen atoms in total. The molecule has 102 valence electrons. The lowest BCUT2D eigenvalue weighted by molar-refractivity contribution is -0.114. The maximum absolute atomic E-state index is 11.0. The van der Waals surface area contributed by atoms with E-state index in [2.05, 4.69) is 10.3 Å². The van der Waals surface area contributed by atoms with Gasteiger partial charge in [-0.15, -0.1) is 0 Å². The van der Waals surface area contributed by atoms with Crippen LogP contribution < -0.4 is 10.1 Å². The summed E-state index contributed by atoms with van der Waals surface area (Å²) in [5.41, 5.74) is 1.16. The standard InChI is InChI=1S/C15H14N2O3/c1-11(19)16-15-8-4-6-13(17-15)10-20-14-7-3-2-5-12(14)9-18/h2-9H,10H2,1H3,(H,16,17,19). The van der Waals surface area contributed by atoms with Crippen LogP contribution in [0.25, 0.3) is 0 Å². The second kappa shape index (κ2) is 6.47. The van der Waals surface area contributed by atoms with Crippen LogP contribution in [0.4, 0.5) is 5.82 Å². The van der Waals surface area contributed by atoms with Gasteiger partial charge in [0.05, 0.1) is 11.3 Å². The Morgan fingerprint density at radius 2 is 2.05 bits per heavy atom. The van der Waals surface area contributed by atoms with Gasteiger partial charge < -0.3 is 10.1 Å². The molecule has 1 aromatic heterocycles. The van der Waals surface area contributed by atoms with Crippen LogP contribution in [0.1, 0.15) is 23.0 Å². The van der Waals surface area contributed by atoms with Crippen molar-refractivity contribution in [3.05, 3.63) is 53.7 Å². The van der Waals surface area contributed by atoms with Crippen molar-refractivity contribution in [2.45, 2.75) is 13.5 Å². The first-order valence-corrected chi connectivity index (χ1v) is 6.09. The number of nitrogens with one attached hydrogen (secondary N) is 1. The molecule has 0 unspecified atom stereocenters. The Morgan fingerprint density at radius 3 is 2.80 bits per heavy atom. The molecule has 0 saturated heterocycles. The smallest absolute Gasteiger partial charge is 0.222 e. The number of hydrogen-bond acceptors (Lipinski definition) is 4. The zero-order chi connectivity index (χ0) is 14.4. The number of carbonyl (C=O) groups is 2. The van der Waals surface area contributed by atoms with Crippen LogP contribution in [0.5, 0.6) is 5.75 Å². The molecular formula is C15H14N2O3. The van der Waals surface area contributed by atoms with Gasteiger partial charge in [0, 0.05) is 6.92 Å².